The number of carboxylic acids is 1. The molecule has 8 atom stereocenters. The molecule has 0 bridgehead atoms. The first-order chi connectivity index (χ1) is 11.2. The number of aliphatic hydroxyl groups excluding tert-OH is 3. The molecule has 2 aliphatic heterocycles. The maximum atomic E-state index is 10.7. The van der Waals surface area contributed by atoms with Gasteiger partial charge in [0.25, 0.3) is 0 Å². The Balaban J connectivity index is 1.84. The molecule has 0 amide bonds. The normalized spacial score (nSPS) is 39.3. The summed E-state index contributed by atoms with van der Waals surface area (Å²) in [6, 6.07) is 0. The summed E-state index contributed by atoms with van der Waals surface area (Å²) >= 11 is 0. The van der Waals surface area contributed by atoms with Crippen molar-refractivity contribution >= 4 is 5.97 Å². The summed E-state index contributed by atoms with van der Waals surface area (Å²) in [5.41, 5.74) is 0.577. The summed E-state index contributed by atoms with van der Waals surface area (Å²) in [6.07, 6.45) is -1.21. The summed E-state index contributed by atoms with van der Waals surface area (Å²) in [4.78, 5) is 10.7. The second-order valence-corrected chi connectivity index (χ2v) is 7.12. The fourth-order valence-corrected chi connectivity index (χ4v) is 3.30. The van der Waals surface area contributed by atoms with E-state index in [-0.39, 0.29) is 30.5 Å². The fourth-order valence-electron chi connectivity index (χ4n) is 3.30. The summed E-state index contributed by atoms with van der Waals surface area (Å²) in [6.45, 7) is 5.59. The van der Waals surface area contributed by atoms with Crippen molar-refractivity contribution in [2.24, 2.45) is 11.8 Å². The van der Waals surface area contributed by atoms with Gasteiger partial charge in [0.1, 0.15) is 6.10 Å². The molecule has 0 aromatic heterocycles. The molecule has 2 heterocycles. The van der Waals surface area contributed by atoms with Crippen LogP contribution in [0.3, 0.4) is 0 Å². The number of hydrogen-bond donors (Lipinski definition) is 4. The van der Waals surface area contributed by atoms with Gasteiger partial charge in [0.05, 0.1) is 37.1 Å². The van der Waals surface area contributed by atoms with Gasteiger partial charge in [0.15, 0.2) is 0 Å². The molecule has 0 aromatic rings. The largest absolute Gasteiger partial charge is 0.478 e. The van der Waals surface area contributed by atoms with Crippen LogP contribution in [0.15, 0.2) is 11.6 Å². The molecule has 138 valence electrons. The van der Waals surface area contributed by atoms with Crippen molar-refractivity contribution in [1.82, 2.24) is 0 Å². The smallest absolute Gasteiger partial charge is 0.328 e. The van der Waals surface area contributed by atoms with Crippen molar-refractivity contribution in [3.63, 3.8) is 0 Å². The second kappa shape index (κ2) is 7.93. The molecule has 0 spiro atoms. The fraction of sp³-hybridized carbons (Fsp3) is 0.824. The standard InChI is InChI=1S/C17H28O7/c1-8(5-14(19)20)4-12-16(22)15(21)11(7-23-12)6-13-17(24-13)9(2)10(3)18/h5,9-13,15-18,21-22H,4,6-7H2,1-3H3,(H,19,20)/b8-5+/t9-,10-,11-,12-,13-,15+,16-,17-/m0/s1. The lowest BCUT2D eigenvalue weighted by Gasteiger charge is -2.37. The number of rotatable bonds is 7. The number of aliphatic carboxylic acids is 1. The second-order valence-electron chi connectivity index (χ2n) is 7.12. The van der Waals surface area contributed by atoms with E-state index in [4.69, 9.17) is 14.6 Å². The zero-order chi connectivity index (χ0) is 18.0. The first-order valence-corrected chi connectivity index (χ1v) is 8.42. The topological polar surface area (TPSA) is 120 Å². The maximum absolute atomic E-state index is 10.7. The predicted octanol–water partition coefficient (Wildman–Crippen LogP) is 0.319. The van der Waals surface area contributed by atoms with Crippen molar-refractivity contribution in [3.8, 4) is 0 Å². The predicted molar refractivity (Wildman–Crippen MR) is 85.4 cm³/mol. The Morgan fingerprint density at radius 1 is 1.25 bits per heavy atom. The Morgan fingerprint density at radius 2 is 1.92 bits per heavy atom. The molecule has 2 aliphatic rings. The molecule has 0 aliphatic carbocycles. The van der Waals surface area contributed by atoms with Crippen LogP contribution in [0.4, 0.5) is 0 Å². The van der Waals surface area contributed by atoms with E-state index < -0.39 is 30.4 Å². The van der Waals surface area contributed by atoms with Crippen LogP contribution in [-0.4, -0.2) is 69.6 Å². The molecule has 0 aromatic carbocycles. The van der Waals surface area contributed by atoms with E-state index >= 15 is 0 Å². The SMILES string of the molecule is C/C(=C\C(=O)O)C[C@@H]1OC[C@H](C[C@@H]2O[C@H]2[C@@H](C)[C@H](C)O)[C@@H](O)[C@H]1O. The Labute approximate surface area is 141 Å². The lowest BCUT2D eigenvalue weighted by Crippen LogP contribution is -2.50. The highest BCUT2D eigenvalue weighted by Crippen LogP contribution is 2.38. The number of carbonyl (C=O) groups is 1. The Bertz CT molecular complexity index is 476. The number of ether oxygens (including phenoxy) is 2. The minimum atomic E-state index is -1.06. The molecule has 0 radical (unpaired) electrons. The average molecular weight is 344 g/mol. The third-order valence-electron chi connectivity index (χ3n) is 5.07. The average Bonchev–Trinajstić information content (AvgIpc) is 3.24. The number of aliphatic hydroxyl groups is 3. The molecule has 24 heavy (non-hydrogen) atoms. The van der Waals surface area contributed by atoms with Gasteiger partial charge in [-0.2, -0.15) is 0 Å². The highest BCUT2D eigenvalue weighted by Gasteiger charge is 2.48. The third-order valence-corrected chi connectivity index (χ3v) is 5.07. The third kappa shape index (κ3) is 4.77. The number of hydrogen-bond acceptors (Lipinski definition) is 6. The van der Waals surface area contributed by atoms with Crippen LogP contribution in [0.25, 0.3) is 0 Å². The van der Waals surface area contributed by atoms with Gasteiger partial charge in [0.2, 0.25) is 0 Å². The van der Waals surface area contributed by atoms with Crippen molar-refractivity contribution in [2.75, 3.05) is 6.61 Å². The minimum absolute atomic E-state index is 0.0205. The zero-order valence-corrected chi connectivity index (χ0v) is 14.3. The molecule has 2 fully saturated rings. The van der Waals surface area contributed by atoms with Crippen LogP contribution in [0.1, 0.15) is 33.6 Å². The quantitative estimate of drug-likeness (QED) is 0.388. The van der Waals surface area contributed by atoms with Crippen LogP contribution in [-0.2, 0) is 14.3 Å². The zero-order valence-electron chi connectivity index (χ0n) is 14.3. The monoisotopic (exact) mass is 344 g/mol. The lowest BCUT2D eigenvalue weighted by atomic mass is 9.85. The lowest BCUT2D eigenvalue weighted by molar-refractivity contribution is -0.165. The molecule has 2 saturated heterocycles. The summed E-state index contributed by atoms with van der Waals surface area (Å²) < 4.78 is 11.2. The van der Waals surface area contributed by atoms with E-state index in [9.17, 15) is 20.1 Å². The molecule has 7 nitrogen and oxygen atoms in total. The van der Waals surface area contributed by atoms with Crippen molar-refractivity contribution < 1.29 is 34.7 Å². The molecule has 0 saturated carbocycles. The van der Waals surface area contributed by atoms with Crippen molar-refractivity contribution in [3.05, 3.63) is 11.6 Å². The van der Waals surface area contributed by atoms with Crippen LogP contribution < -0.4 is 0 Å². The highest BCUT2D eigenvalue weighted by atomic mass is 16.6. The van der Waals surface area contributed by atoms with Gasteiger partial charge in [-0.15, -0.1) is 0 Å². The van der Waals surface area contributed by atoms with Gasteiger partial charge >= 0.3 is 5.97 Å². The van der Waals surface area contributed by atoms with E-state index in [1.165, 1.54) is 0 Å². The Hall–Kier alpha value is -0.990. The first kappa shape index (κ1) is 19.3. The van der Waals surface area contributed by atoms with Crippen molar-refractivity contribution in [1.29, 1.82) is 0 Å². The van der Waals surface area contributed by atoms with E-state index in [1.807, 2.05) is 6.92 Å². The van der Waals surface area contributed by atoms with E-state index in [2.05, 4.69) is 0 Å². The molecule has 7 heteroatoms. The molecular formula is C17H28O7. The first-order valence-electron chi connectivity index (χ1n) is 8.42. The van der Waals surface area contributed by atoms with Gasteiger partial charge in [0, 0.05) is 17.9 Å². The number of epoxide rings is 1. The summed E-state index contributed by atoms with van der Waals surface area (Å²) in [7, 11) is 0. The van der Waals surface area contributed by atoms with Gasteiger partial charge in [-0.1, -0.05) is 12.5 Å². The summed E-state index contributed by atoms with van der Waals surface area (Å²) in [5, 5.41) is 38.9. The maximum Gasteiger partial charge on any atom is 0.328 e. The van der Waals surface area contributed by atoms with Gasteiger partial charge in [-0.3, -0.25) is 0 Å². The highest BCUT2D eigenvalue weighted by molar-refractivity contribution is 5.80. The Kier molecular flexibility index (Phi) is 6.39. The number of carboxylic acid groups (broad SMARTS) is 1. The van der Waals surface area contributed by atoms with Crippen LogP contribution in [0.2, 0.25) is 0 Å². The van der Waals surface area contributed by atoms with Crippen LogP contribution in [0, 0.1) is 11.8 Å². The molecule has 0 unspecified atom stereocenters. The molecule has 2 rings (SSSR count). The minimum Gasteiger partial charge on any atom is -0.478 e. The van der Waals surface area contributed by atoms with Crippen LogP contribution in [0.5, 0.6) is 0 Å². The van der Waals surface area contributed by atoms with Gasteiger partial charge < -0.3 is 29.9 Å². The van der Waals surface area contributed by atoms with Gasteiger partial charge in [-0.05, 0) is 26.7 Å². The van der Waals surface area contributed by atoms with E-state index in [1.54, 1.807) is 13.8 Å². The summed E-state index contributed by atoms with van der Waals surface area (Å²) in [5.74, 6) is -1.25. The molecular weight excluding hydrogens is 316 g/mol. The molecule has 4 N–H and O–H groups in total. The van der Waals surface area contributed by atoms with Gasteiger partial charge in [-0.25, -0.2) is 4.79 Å². The van der Waals surface area contributed by atoms with E-state index in [0.29, 0.717) is 18.6 Å². The van der Waals surface area contributed by atoms with Crippen LogP contribution >= 0.6 is 0 Å². The van der Waals surface area contributed by atoms with E-state index in [0.717, 1.165) is 6.08 Å². The van der Waals surface area contributed by atoms with Crippen molar-refractivity contribution in [2.45, 2.75) is 70.2 Å². The Morgan fingerprint density at radius 3 is 2.50 bits per heavy atom.